The molecule has 0 unspecified atom stereocenters. The van der Waals surface area contributed by atoms with Crippen LogP contribution in [0, 0.1) is 0 Å². The summed E-state index contributed by atoms with van der Waals surface area (Å²) in [5, 5.41) is 17.9. The van der Waals surface area contributed by atoms with Gasteiger partial charge in [-0.3, -0.25) is 9.59 Å². The van der Waals surface area contributed by atoms with E-state index in [0.29, 0.717) is 19.3 Å². The van der Waals surface area contributed by atoms with Crippen molar-refractivity contribution in [2.24, 2.45) is 0 Å². The molecule has 0 aliphatic carbocycles. The highest BCUT2D eigenvalue weighted by Gasteiger charge is 2.01. The summed E-state index contributed by atoms with van der Waals surface area (Å²) in [6.07, 6.45) is 8.85. The quantitative estimate of drug-likeness (QED) is 0.319. The fourth-order valence-electron chi connectivity index (χ4n) is 1.79. The van der Waals surface area contributed by atoms with Gasteiger partial charge < -0.3 is 10.2 Å². The zero-order chi connectivity index (χ0) is 14.5. The Morgan fingerprint density at radius 1 is 0.842 bits per heavy atom. The summed E-state index contributed by atoms with van der Waals surface area (Å²) in [5.74, 6) is -0.574. The average molecular weight is 270 g/mol. The van der Waals surface area contributed by atoms with Crippen LogP contribution >= 0.6 is 0 Å². The highest BCUT2D eigenvalue weighted by atomic mass is 16.4. The van der Waals surface area contributed by atoms with Crippen molar-refractivity contribution in [3.8, 4) is 0 Å². The highest BCUT2D eigenvalue weighted by Crippen LogP contribution is 2.09. The minimum atomic E-state index is -0.747. The van der Waals surface area contributed by atoms with Crippen molar-refractivity contribution in [2.75, 3.05) is 0 Å². The number of hydrogen-bond acceptors (Lipinski definition) is 3. The Bertz CT molecular complexity index is 295. The van der Waals surface area contributed by atoms with Gasteiger partial charge in [0.05, 0.1) is 5.76 Å². The number of rotatable bonds is 12. The summed E-state index contributed by atoms with van der Waals surface area (Å²) in [6, 6.07) is 0. The molecule has 0 amide bonds. The first kappa shape index (κ1) is 17.7. The van der Waals surface area contributed by atoms with Gasteiger partial charge in [-0.1, -0.05) is 32.6 Å². The van der Waals surface area contributed by atoms with Crippen LogP contribution in [-0.2, 0) is 9.59 Å². The number of carbonyl (C=O) groups excluding carboxylic acids is 1. The second-order valence-electron chi connectivity index (χ2n) is 4.87. The van der Waals surface area contributed by atoms with E-state index >= 15 is 0 Å². The van der Waals surface area contributed by atoms with Crippen LogP contribution in [0.5, 0.6) is 0 Å². The molecule has 0 atom stereocenters. The maximum atomic E-state index is 11.5. The normalized spacial score (nSPS) is 11.5. The molecule has 0 aromatic carbocycles. The molecule has 2 N–H and O–H groups in total. The molecule has 0 saturated heterocycles. The van der Waals surface area contributed by atoms with Crippen molar-refractivity contribution in [3.05, 3.63) is 11.8 Å². The van der Waals surface area contributed by atoms with Gasteiger partial charge >= 0.3 is 5.97 Å². The monoisotopic (exact) mass is 270 g/mol. The minimum Gasteiger partial charge on any atom is -0.512 e. The van der Waals surface area contributed by atoms with Crippen molar-refractivity contribution in [3.63, 3.8) is 0 Å². The third kappa shape index (κ3) is 12.9. The van der Waals surface area contributed by atoms with Gasteiger partial charge in [-0.2, -0.15) is 0 Å². The molecule has 4 heteroatoms. The summed E-state index contributed by atoms with van der Waals surface area (Å²) in [6.45, 7) is 2.04. The first-order valence-corrected chi connectivity index (χ1v) is 7.20. The lowest BCUT2D eigenvalue weighted by Gasteiger charge is -2.00. The van der Waals surface area contributed by atoms with Crippen molar-refractivity contribution in [1.82, 2.24) is 0 Å². The maximum absolute atomic E-state index is 11.5. The van der Waals surface area contributed by atoms with Crippen LogP contribution in [0.15, 0.2) is 11.8 Å². The smallest absolute Gasteiger partial charge is 0.303 e. The molecule has 0 bridgehead atoms. The Hall–Kier alpha value is -1.32. The number of ketones is 1. The summed E-state index contributed by atoms with van der Waals surface area (Å²) in [7, 11) is 0. The van der Waals surface area contributed by atoms with Crippen LogP contribution < -0.4 is 0 Å². The summed E-state index contributed by atoms with van der Waals surface area (Å²) >= 11 is 0. The highest BCUT2D eigenvalue weighted by molar-refractivity contribution is 5.89. The summed E-state index contributed by atoms with van der Waals surface area (Å²) in [4.78, 5) is 21.8. The maximum Gasteiger partial charge on any atom is 0.303 e. The van der Waals surface area contributed by atoms with Gasteiger partial charge in [-0.25, -0.2) is 0 Å². The van der Waals surface area contributed by atoms with Crippen LogP contribution in [0.1, 0.15) is 71.1 Å². The van der Waals surface area contributed by atoms with E-state index in [1.165, 1.54) is 6.08 Å². The van der Waals surface area contributed by atoms with Gasteiger partial charge in [0.25, 0.3) is 0 Å². The number of aliphatic hydroxyl groups is 1. The fourth-order valence-corrected chi connectivity index (χ4v) is 1.79. The number of unbranched alkanes of at least 4 members (excludes halogenated alkanes) is 5. The van der Waals surface area contributed by atoms with Crippen LogP contribution in [0.4, 0.5) is 0 Å². The molecule has 0 aliphatic heterocycles. The van der Waals surface area contributed by atoms with E-state index in [1.54, 1.807) is 0 Å². The Balaban J connectivity index is 3.50. The second-order valence-corrected chi connectivity index (χ2v) is 4.87. The number of hydrogen-bond donors (Lipinski definition) is 2. The predicted molar refractivity (Wildman–Crippen MR) is 75.2 cm³/mol. The number of carboxylic acids is 1. The molecule has 110 valence electrons. The Kier molecular flexibility index (Phi) is 10.9. The predicted octanol–water partition coefficient (Wildman–Crippen LogP) is 4.00. The lowest BCUT2D eigenvalue weighted by molar-refractivity contribution is -0.137. The van der Waals surface area contributed by atoms with Crippen LogP contribution in [0.25, 0.3) is 0 Å². The fraction of sp³-hybridized carbons (Fsp3) is 0.733. The van der Waals surface area contributed by atoms with Crippen LogP contribution in [-0.4, -0.2) is 22.0 Å². The molecule has 0 heterocycles. The van der Waals surface area contributed by atoms with Crippen molar-refractivity contribution < 1.29 is 19.8 Å². The van der Waals surface area contributed by atoms with Crippen molar-refractivity contribution in [2.45, 2.75) is 71.1 Å². The average Bonchev–Trinajstić information content (AvgIpc) is 2.34. The molecule has 0 aliphatic rings. The van der Waals surface area contributed by atoms with E-state index in [1.807, 2.05) is 6.92 Å². The Labute approximate surface area is 115 Å². The van der Waals surface area contributed by atoms with Gasteiger partial charge in [-0.05, 0) is 19.3 Å². The molecule has 4 nitrogen and oxygen atoms in total. The van der Waals surface area contributed by atoms with Gasteiger partial charge in [0.2, 0.25) is 0 Å². The minimum absolute atomic E-state index is 0.0147. The van der Waals surface area contributed by atoms with E-state index in [4.69, 9.17) is 5.11 Å². The van der Waals surface area contributed by atoms with Gasteiger partial charge in [0, 0.05) is 25.3 Å². The van der Waals surface area contributed by atoms with E-state index < -0.39 is 5.97 Å². The number of aliphatic carboxylic acids is 1. The molecule has 0 radical (unpaired) electrons. The molecule has 0 saturated carbocycles. The van der Waals surface area contributed by atoms with Gasteiger partial charge in [-0.15, -0.1) is 0 Å². The molecule has 0 rings (SSSR count). The molecule has 19 heavy (non-hydrogen) atoms. The molecule has 0 aromatic rings. The number of aliphatic hydroxyl groups excluding tert-OH is 1. The molecular formula is C15H26O4. The number of allylic oxidation sites excluding steroid dienone is 2. The topological polar surface area (TPSA) is 74.6 Å². The zero-order valence-corrected chi connectivity index (χ0v) is 11.9. The zero-order valence-electron chi connectivity index (χ0n) is 11.9. The van der Waals surface area contributed by atoms with E-state index in [0.717, 1.165) is 38.5 Å². The van der Waals surface area contributed by atoms with E-state index in [2.05, 4.69) is 0 Å². The third-order valence-electron chi connectivity index (χ3n) is 2.93. The standard InChI is InChI=1S/C15H26O4/c1-2-3-9-13(16)12-14(17)10-7-5-4-6-8-11-15(18)19/h12,16H,2-11H2,1H3,(H,18,19)/b13-12-. The SMILES string of the molecule is CCCC/C(O)=C/C(=O)CCCCCCCC(=O)O. The summed E-state index contributed by atoms with van der Waals surface area (Å²) < 4.78 is 0. The first-order valence-electron chi connectivity index (χ1n) is 7.20. The lowest BCUT2D eigenvalue weighted by atomic mass is 10.1. The van der Waals surface area contributed by atoms with Crippen molar-refractivity contribution in [1.29, 1.82) is 0 Å². The Morgan fingerprint density at radius 3 is 2.00 bits per heavy atom. The molecule has 0 aromatic heterocycles. The molecular weight excluding hydrogens is 244 g/mol. The van der Waals surface area contributed by atoms with Gasteiger partial charge in [0.1, 0.15) is 0 Å². The number of carboxylic acid groups (broad SMARTS) is 1. The van der Waals surface area contributed by atoms with Crippen molar-refractivity contribution >= 4 is 11.8 Å². The third-order valence-corrected chi connectivity index (χ3v) is 2.93. The largest absolute Gasteiger partial charge is 0.512 e. The molecule has 0 fully saturated rings. The van der Waals surface area contributed by atoms with Gasteiger partial charge in [0.15, 0.2) is 5.78 Å². The number of carbonyl (C=O) groups is 2. The van der Waals surface area contributed by atoms with Crippen LogP contribution in [0.2, 0.25) is 0 Å². The van der Waals surface area contributed by atoms with E-state index in [9.17, 15) is 14.7 Å². The van der Waals surface area contributed by atoms with Crippen LogP contribution in [0.3, 0.4) is 0 Å². The molecule has 0 spiro atoms. The first-order chi connectivity index (χ1) is 9.06. The lowest BCUT2D eigenvalue weighted by Crippen LogP contribution is -1.96. The Morgan fingerprint density at radius 2 is 1.42 bits per heavy atom. The summed E-state index contributed by atoms with van der Waals surface area (Å²) in [5.41, 5.74) is 0. The van der Waals surface area contributed by atoms with E-state index in [-0.39, 0.29) is 18.0 Å². The second kappa shape index (κ2) is 11.8.